The van der Waals surface area contributed by atoms with Crippen LogP contribution >= 0.6 is 11.8 Å². The molecular formula is C9H6ClNO. The van der Waals surface area contributed by atoms with Gasteiger partial charge in [0.1, 0.15) is 6.29 Å². The Hall–Kier alpha value is -1.28. The highest BCUT2D eigenvalue weighted by Gasteiger charge is 1.99. The van der Waals surface area contributed by atoms with E-state index in [1.807, 2.05) is 12.1 Å². The molecule has 0 radical (unpaired) electrons. The third kappa shape index (κ3) is 1.01. The molecule has 0 aliphatic heterocycles. The molecule has 1 aromatic heterocycles. The molecule has 0 N–H and O–H groups in total. The molecule has 1 aromatic carbocycles. The summed E-state index contributed by atoms with van der Waals surface area (Å²) in [6, 6.07) is 7.30. The Bertz CT molecular complexity index is 433. The number of benzene rings is 1. The first kappa shape index (κ1) is 7.37. The fourth-order valence-corrected chi connectivity index (χ4v) is 1.39. The van der Waals surface area contributed by atoms with Gasteiger partial charge in [-0.05, 0) is 12.1 Å². The summed E-state index contributed by atoms with van der Waals surface area (Å²) in [5, 5.41) is 1.04. The molecule has 0 saturated heterocycles. The Balaban J connectivity index is 2.79. The summed E-state index contributed by atoms with van der Waals surface area (Å²) < 4.78 is 1.47. The van der Waals surface area contributed by atoms with E-state index in [9.17, 15) is 4.79 Å². The molecule has 0 aliphatic rings. The minimum Gasteiger partial charge on any atom is -0.298 e. The summed E-state index contributed by atoms with van der Waals surface area (Å²) in [6.07, 6.45) is 2.56. The van der Waals surface area contributed by atoms with E-state index in [-0.39, 0.29) is 0 Å². The van der Waals surface area contributed by atoms with Gasteiger partial charge in [0, 0.05) is 28.9 Å². The van der Waals surface area contributed by atoms with E-state index >= 15 is 0 Å². The Kier molecular flexibility index (Phi) is 1.62. The van der Waals surface area contributed by atoms with Crippen molar-refractivity contribution in [1.82, 2.24) is 4.09 Å². The zero-order valence-electron chi connectivity index (χ0n) is 6.20. The van der Waals surface area contributed by atoms with Gasteiger partial charge in [-0.1, -0.05) is 12.1 Å². The third-order valence-corrected chi connectivity index (χ3v) is 2.10. The molecule has 0 amide bonds. The average Bonchev–Trinajstić information content (AvgIpc) is 2.47. The van der Waals surface area contributed by atoms with Gasteiger partial charge in [0.25, 0.3) is 0 Å². The van der Waals surface area contributed by atoms with E-state index in [0.29, 0.717) is 5.56 Å². The summed E-state index contributed by atoms with van der Waals surface area (Å²) in [4.78, 5) is 10.4. The first-order valence-electron chi connectivity index (χ1n) is 3.54. The minimum absolute atomic E-state index is 0.642. The Morgan fingerprint density at radius 3 is 2.92 bits per heavy atom. The molecule has 0 aliphatic carbocycles. The Morgan fingerprint density at radius 1 is 1.33 bits per heavy atom. The molecule has 2 nitrogen and oxygen atoms in total. The second-order valence-corrected chi connectivity index (χ2v) is 2.93. The highest BCUT2D eigenvalue weighted by atomic mass is 35.5. The predicted octanol–water partition coefficient (Wildman–Crippen LogP) is 2.46. The molecule has 0 fully saturated rings. The van der Waals surface area contributed by atoms with Gasteiger partial charge in [0.2, 0.25) is 0 Å². The van der Waals surface area contributed by atoms with Crippen molar-refractivity contribution in [3.63, 3.8) is 0 Å². The number of aldehydes is 1. The lowest BCUT2D eigenvalue weighted by Crippen LogP contribution is -1.81. The summed E-state index contributed by atoms with van der Waals surface area (Å²) in [5.74, 6) is 0. The van der Waals surface area contributed by atoms with E-state index in [1.165, 1.54) is 4.09 Å². The standard InChI is InChI=1S/C9H6ClNO/c10-11-4-3-8-2-1-7(6-12)5-9(8)11/h1-6H. The van der Waals surface area contributed by atoms with Crippen LogP contribution in [0.1, 0.15) is 10.4 Å². The number of fused-ring (bicyclic) bond motifs is 1. The lowest BCUT2D eigenvalue weighted by atomic mass is 10.2. The molecular weight excluding hydrogens is 174 g/mol. The van der Waals surface area contributed by atoms with Crippen molar-refractivity contribution < 1.29 is 4.79 Å². The number of hydrogen-bond donors (Lipinski definition) is 0. The number of rotatable bonds is 1. The Morgan fingerprint density at radius 2 is 2.17 bits per heavy atom. The number of carbonyl (C=O) groups excluding carboxylic acids is 1. The highest BCUT2D eigenvalue weighted by Crippen LogP contribution is 2.17. The van der Waals surface area contributed by atoms with Crippen molar-refractivity contribution in [1.29, 1.82) is 0 Å². The molecule has 0 saturated carbocycles. The second kappa shape index (κ2) is 2.64. The molecule has 0 spiro atoms. The van der Waals surface area contributed by atoms with Gasteiger partial charge in [-0.15, -0.1) is 0 Å². The largest absolute Gasteiger partial charge is 0.298 e. The van der Waals surface area contributed by atoms with Crippen molar-refractivity contribution in [2.24, 2.45) is 0 Å². The smallest absolute Gasteiger partial charge is 0.150 e. The van der Waals surface area contributed by atoms with Crippen molar-refractivity contribution in [2.75, 3.05) is 0 Å². The van der Waals surface area contributed by atoms with Crippen LogP contribution in [-0.2, 0) is 0 Å². The van der Waals surface area contributed by atoms with Gasteiger partial charge in [0.15, 0.2) is 0 Å². The van der Waals surface area contributed by atoms with E-state index in [4.69, 9.17) is 11.8 Å². The van der Waals surface area contributed by atoms with E-state index < -0.39 is 0 Å². The monoisotopic (exact) mass is 179 g/mol. The summed E-state index contributed by atoms with van der Waals surface area (Å²) in [5.41, 5.74) is 1.50. The summed E-state index contributed by atoms with van der Waals surface area (Å²) in [7, 11) is 0. The van der Waals surface area contributed by atoms with E-state index in [0.717, 1.165) is 17.2 Å². The summed E-state index contributed by atoms with van der Waals surface area (Å²) in [6.45, 7) is 0. The number of halogens is 1. The van der Waals surface area contributed by atoms with Gasteiger partial charge in [-0.25, -0.2) is 0 Å². The normalized spacial score (nSPS) is 10.4. The molecule has 0 atom stereocenters. The molecule has 3 heteroatoms. The Labute approximate surface area is 74.5 Å². The maximum atomic E-state index is 10.4. The fourth-order valence-electron chi connectivity index (χ4n) is 1.19. The van der Waals surface area contributed by atoms with Gasteiger partial charge in [0.05, 0.1) is 5.52 Å². The van der Waals surface area contributed by atoms with Crippen molar-refractivity contribution >= 4 is 29.0 Å². The predicted molar refractivity (Wildman–Crippen MR) is 48.6 cm³/mol. The van der Waals surface area contributed by atoms with Gasteiger partial charge in [-0.2, -0.15) is 0 Å². The summed E-state index contributed by atoms with van der Waals surface area (Å²) >= 11 is 5.80. The van der Waals surface area contributed by atoms with E-state index in [1.54, 1.807) is 18.3 Å². The minimum atomic E-state index is 0.642. The SMILES string of the molecule is O=Cc1ccc2ccn(Cl)c2c1. The molecule has 60 valence electrons. The van der Waals surface area contributed by atoms with Crippen LogP contribution in [0.4, 0.5) is 0 Å². The molecule has 1 heterocycles. The second-order valence-electron chi connectivity index (χ2n) is 2.56. The van der Waals surface area contributed by atoms with E-state index in [2.05, 4.69) is 0 Å². The van der Waals surface area contributed by atoms with Crippen LogP contribution in [0.15, 0.2) is 30.5 Å². The maximum absolute atomic E-state index is 10.4. The average molecular weight is 180 g/mol. The first-order valence-corrected chi connectivity index (χ1v) is 3.87. The molecule has 0 unspecified atom stereocenters. The van der Waals surface area contributed by atoms with Gasteiger partial charge < -0.3 is 0 Å². The van der Waals surface area contributed by atoms with Crippen molar-refractivity contribution in [3.05, 3.63) is 36.0 Å². The highest BCUT2D eigenvalue weighted by molar-refractivity contribution is 6.19. The molecule has 2 rings (SSSR count). The van der Waals surface area contributed by atoms with Crippen LogP contribution in [0.5, 0.6) is 0 Å². The zero-order valence-corrected chi connectivity index (χ0v) is 6.95. The van der Waals surface area contributed by atoms with Crippen LogP contribution in [-0.4, -0.2) is 10.4 Å². The van der Waals surface area contributed by atoms with Crippen molar-refractivity contribution in [3.8, 4) is 0 Å². The number of nitrogens with zero attached hydrogens (tertiary/aromatic N) is 1. The quantitative estimate of drug-likeness (QED) is 0.617. The molecule has 0 bridgehead atoms. The molecule has 2 aromatic rings. The van der Waals surface area contributed by atoms with Crippen LogP contribution < -0.4 is 0 Å². The molecule has 12 heavy (non-hydrogen) atoms. The maximum Gasteiger partial charge on any atom is 0.150 e. The van der Waals surface area contributed by atoms with Crippen molar-refractivity contribution in [2.45, 2.75) is 0 Å². The first-order chi connectivity index (χ1) is 5.81. The van der Waals surface area contributed by atoms with Crippen LogP contribution in [0, 0.1) is 0 Å². The fraction of sp³-hybridized carbons (Fsp3) is 0. The number of carbonyl (C=O) groups is 1. The topological polar surface area (TPSA) is 22.0 Å². The van der Waals surface area contributed by atoms with Gasteiger partial charge in [-0.3, -0.25) is 8.88 Å². The van der Waals surface area contributed by atoms with Crippen LogP contribution in [0.2, 0.25) is 0 Å². The van der Waals surface area contributed by atoms with Gasteiger partial charge >= 0.3 is 0 Å². The lowest BCUT2D eigenvalue weighted by Gasteiger charge is -1.93. The lowest BCUT2D eigenvalue weighted by molar-refractivity contribution is 0.112. The number of aromatic nitrogens is 1. The zero-order chi connectivity index (χ0) is 8.55. The number of hydrogen-bond acceptors (Lipinski definition) is 1. The van der Waals surface area contributed by atoms with Crippen LogP contribution in [0.25, 0.3) is 10.9 Å². The third-order valence-electron chi connectivity index (χ3n) is 1.81. The van der Waals surface area contributed by atoms with Crippen LogP contribution in [0.3, 0.4) is 0 Å².